The summed E-state index contributed by atoms with van der Waals surface area (Å²) in [6, 6.07) is 8.41. The molecule has 1 N–H and O–H groups in total. The van der Waals surface area contributed by atoms with Crippen molar-refractivity contribution in [3.05, 3.63) is 69.2 Å². The zero-order chi connectivity index (χ0) is 14.7. The van der Waals surface area contributed by atoms with E-state index in [0.29, 0.717) is 5.02 Å². The smallest absolute Gasteiger partial charge is 0.253 e. The van der Waals surface area contributed by atoms with Crippen molar-refractivity contribution in [3.8, 4) is 0 Å². The van der Waals surface area contributed by atoms with Crippen LogP contribution < -0.4 is 5.32 Å². The van der Waals surface area contributed by atoms with E-state index in [4.69, 9.17) is 23.2 Å². The third-order valence-corrected chi connectivity index (χ3v) is 3.19. The van der Waals surface area contributed by atoms with Crippen LogP contribution in [-0.2, 0) is 6.54 Å². The molecular formula is C14H9Cl2F2NO. The fourth-order valence-corrected chi connectivity index (χ4v) is 1.94. The van der Waals surface area contributed by atoms with Crippen LogP contribution in [0.15, 0.2) is 36.4 Å². The maximum absolute atomic E-state index is 13.1. The van der Waals surface area contributed by atoms with Crippen molar-refractivity contribution in [1.29, 1.82) is 0 Å². The molecule has 0 aromatic heterocycles. The molecule has 0 aliphatic rings. The molecule has 0 heterocycles. The van der Waals surface area contributed by atoms with Crippen LogP contribution in [0.1, 0.15) is 15.9 Å². The summed E-state index contributed by atoms with van der Waals surface area (Å²) < 4.78 is 26.0. The predicted molar refractivity (Wildman–Crippen MR) is 74.0 cm³/mol. The van der Waals surface area contributed by atoms with Crippen LogP contribution in [0.3, 0.4) is 0 Å². The van der Waals surface area contributed by atoms with E-state index in [0.717, 1.165) is 17.7 Å². The lowest BCUT2D eigenvalue weighted by Gasteiger charge is -2.07. The van der Waals surface area contributed by atoms with Gasteiger partial charge in [0.25, 0.3) is 5.91 Å². The van der Waals surface area contributed by atoms with Gasteiger partial charge in [0.15, 0.2) is 11.6 Å². The van der Waals surface area contributed by atoms with Gasteiger partial charge in [-0.3, -0.25) is 4.79 Å². The number of hydrogen-bond donors (Lipinski definition) is 1. The van der Waals surface area contributed by atoms with Crippen molar-refractivity contribution in [2.45, 2.75) is 6.54 Å². The minimum absolute atomic E-state index is 0.112. The van der Waals surface area contributed by atoms with E-state index in [9.17, 15) is 13.6 Å². The Bertz CT molecular complexity index is 644. The van der Waals surface area contributed by atoms with Crippen LogP contribution in [0.25, 0.3) is 0 Å². The van der Waals surface area contributed by atoms with Crippen molar-refractivity contribution in [3.63, 3.8) is 0 Å². The fraction of sp³-hybridized carbons (Fsp3) is 0.0714. The summed E-state index contributed by atoms with van der Waals surface area (Å²) in [6.45, 7) is 0.228. The number of amides is 1. The molecule has 0 radical (unpaired) electrons. The molecule has 0 saturated carbocycles. The minimum Gasteiger partial charge on any atom is -0.348 e. The summed E-state index contributed by atoms with van der Waals surface area (Å²) in [7, 11) is 0. The second kappa shape index (κ2) is 6.20. The maximum atomic E-state index is 13.1. The Kier molecular flexibility index (Phi) is 4.57. The zero-order valence-corrected chi connectivity index (χ0v) is 11.6. The van der Waals surface area contributed by atoms with E-state index in [-0.39, 0.29) is 17.1 Å². The molecule has 104 valence electrons. The van der Waals surface area contributed by atoms with Crippen molar-refractivity contribution in [2.75, 3.05) is 0 Å². The van der Waals surface area contributed by atoms with Gasteiger partial charge in [-0.25, -0.2) is 8.78 Å². The first-order valence-electron chi connectivity index (χ1n) is 5.64. The van der Waals surface area contributed by atoms with E-state index in [1.807, 2.05) is 0 Å². The quantitative estimate of drug-likeness (QED) is 0.845. The first kappa shape index (κ1) is 14.8. The second-order valence-electron chi connectivity index (χ2n) is 4.06. The molecule has 2 aromatic rings. The molecule has 2 nitrogen and oxygen atoms in total. The molecule has 20 heavy (non-hydrogen) atoms. The first-order valence-corrected chi connectivity index (χ1v) is 6.40. The van der Waals surface area contributed by atoms with Gasteiger partial charge in [-0.15, -0.1) is 0 Å². The van der Waals surface area contributed by atoms with E-state index < -0.39 is 17.5 Å². The Balaban J connectivity index is 2.09. The van der Waals surface area contributed by atoms with Crippen molar-refractivity contribution in [2.24, 2.45) is 0 Å². The highest BCUT2D eigenvalue weighted by Crippen LogP contribution is 2.20. The zero-order valence-electron chi connectivity index (χ0n) is 10.1. The SMILES string of the molecule is O=C(NCc1ccc(Cl)cc1)c1cc(F)c(F)cc1Cl. The normalized spacial score (nSPS) is 10.4. The number of hydrogen-bond acceptors (Lipinski definition) is 1. The molecule has 0 aliphatic carbocycles. The van der Waals surface area contributed by atoms with Crippen LogP contribution in [0.5, 0.6) is 0 Å². The van der Waals surface area contributed by atoms with Gasteiger partial charge < -0.3 is 5.32 Å². The average Bonchev–Trinajstić information content (AvgIpc) is 2.42. The Hall–Kier alpha value is -1.65. The third kappa shape index (κ3) is 3.46. The monoisotopic (exact) mass is 315 g/mol. The molecule has 0 aliphatic heterocycles. The molecule has 0 spiro atoms. The average molecular weight is 316 g/mol. The summed E-state index contributed by atoms with van der Waals surface area (Å²) >= 11 is 11.5. The van der Waals surface area contributed by atoms with Crippen LogP contribution in [0.2, 0.25) is 10.0 Å². The number of rotatable bonds is 3. The summed E-state index contributed by atoms with van der Waals surface area (Å²) in [6.07, 6.45) is 0. The van der Waals surface area contributed by atoms with E-state index in [2.05, 4.69) is 5.32 Å². The molecule has 0 unspecified atom stereocenters. The molecule has 0 bridgehead atoms. The first-order chi connectivity index (χ1) is 9.47. The predicted octanol–water partition coefficient (Wildman–Crippen LogP) is 4.20. The molecule has 2 rings (SSSR count). The second-order valence-corrected chi connectivity index (χ2v) is 4.90. The van der Waals surface area contributed by atoms with Gasteiger partial charge in [-0.05, 0) is 29.8 Å². The van der Waals surface area contributed by atoms with Gasteiger partial charge in [0, 0.05) is 11.6 Å². The minimum atomic E-state index is -1.12. The van der Waals surface area contributed by atoms with Crippen molar-refractivity contribution >= 4 is 29.1 Å². The van der Waals surface area contributed by atoms with E-state index >= 15 is 0 Å². The molecule has 0 saturated heterocycles. The Morgan fingerprint density at radius 3 is 2.30 bits per heavy atom. The number of carbonyl (C=O) groups excluding carboxylic acids is 1. The highest BCUT2D eigenvalue weighted by atomic mass is 35.5. The summed E-state index contributed by atoms with van der Waals surface area (Å²) in [5, 5.41) is 3.01. The van der Waals surface area contributed by atoms with Crippen LogP contribution in [0, 0.1) is 11.6 Å². The van der Waals surface area contributed by atoms with E-state index in [1.165, 1.54) is 0 Å². The molecule has 0 atom stereocenters. The fourth-order valence-electron chi connectivity index (χ4n) is 1.58. The lowest BCUT2D eigenvalue weighted by molar-refractivity contribution is 0.0950. The molecule has 0 fully saturated rings. The van der Waals surface area contributed by atoms with Crippen LogP contribution >= 0.6 is 23.2 Å². The van der Waals surface area contributed by atoms with Gasteiger partial charge in [-0.2, -0.15) is 0 Å². The summed E-state index contributed by atoms with van der Waals surface area (Å²) in [5.41, 5.74) is 0.709. The van der Waals surface area contributed by atoms with Crippen LogP contribution in [0.4, 0.5) is 8.78 Å². The summed E-state index contributed by atoms with van der Waals surface area (Å²) in [4.78, 5) is 11.9. The number of benzene rings is 2. The Labute approximate surface area is 124 Å². The lowest BCUT2D eigenvalue weighted by Crippen LogP contribution is -2.23. The topological polar surface area (TPSA) is 29.1 Å². The van der Waals surface area contributed by atoms with Gasteiger partial charge in [-0.1, -0.05) is 35.3 Å². The van der Waals surface area contributed by atoms with E-state index in [1.54, 1.807) is 24.3 Å². The van der Waals surface area contributed by atoms with Gasteiger partial charge in [0.2, 0.25) is 0 Å². The van der Waals surface area contributed by atoms with Crippen LogP contribution in [-0.4, -0.2) is 5.91 Å². The molecular weight excluding hydrogens is 307 g/mol. The number of carbonyl (C=O) groups is 1. The third-order valence-electron chi connectivity index (χ3n) is 2.62. The highest BCUT2D eigenvalue weighted by Gasteiger charge is 2.14. The molecule has 6 heteroatoms. The Morgan fingerprint density at radius 1 is 1.05 bits per heavy atom. The molecule has 2 aromatic carbocycles. The maximum Gasteiger partial charge on any atom is 0.253 e. The largest absolute Gasteiger partial charge is 0.348 e. The van der Waals surface area contributed by atoms with Crippen molar-refractivity contribution < 1.29 is 13.6 Å². The summed E-state index contributed by atoms with van der Waals surface area (Å²) in [5.74, 6) is -2.79. The molecule has 1 amide bonds. The van der Waals surface area contributed by atoms with Crippen molar-refractivity contribution in [1.82, 2.24) is 5.32 Å². The highest BCUT2D eigenvalue weighted by molar-refractivity contribution is 6.33. The van der Waals surface area contributed by atoms with Gasteiger partial charge >= 0.3 is 0 Å². The van der Waals surface area contributed by atoms with Gasteiger partial charge in [0.1, 0.15) is 0 Å². The standard InChI is InChI=1S/C14H9Cl2F2NO/c15-9-3-1-8(2-4-9)7-19-14(20)10-5-12(17)13(18)6-11(10)16/h1-6H,7H2,(H,19,20). The lowest BCUT2D eigenvalue weighted by atomic mass is 10.2. The number of halogens is 4. The number of nitrogens with one attached hydrogen (secondary N) is 1. The van der Waals surface area contributed by atoms with Gasteiger partial charge in [0.05, 0.1) is 10.6 Å². The Morgan fingerprint density at radius 2 is 1.65 bits per heavy atom.